The average Bonchev–Trinajstić information content (AvgIpc) is 2.37. The Morgan fingerprint density at radius 1 is 1.37 bits per heavy atom. The summed E-state index contributed by atoms with van der Waals surface area (Å²) in [6.07, 6.45) is -4.02. The Hall–Kier alpha value is -1.56. The molecule has 1 N–H and O–H groups in total. The number of methoxy groups -OCH3 is 1. The maximum atomic E-state index is 12.5. The molecule has 0 bridgehead atoms. The molecule has 0 aromatic heterocycles. The average molecular weight is 275 g/mol. The van der Waals surface area contributed by atoms with Gasteiger partial charge in [0, 0.05) is 12.8 Å². The highest BCUT2D eigenvalue weighted by atomic mass is 19.4. The molecule has 0 spiro atoms. The first-order chi connectivity index (χ1) is 8.73. The van der Waals surface area contributed by atoms with Crippen molar-refractivity contribution in [1.82, 2.24) is 0 Å². The summed E-state index contributed by atoms with van der Waals surface area (Å²) in [6, 6.07) is 4.49. The zero-order valence-corrected chi connectivity index (χ0v) is 11.0. The van der Waals surface area contributed by atoms with Crippen molar-refractivity contribution in [2.45, 2.75) is 32.0 Å². The SMILES string of the molecule is CCC(C)(OC)C(=O)Nc1cccc(C(F)(F)F)c1. The molecule has 1 amide bonds. The Balaban J connectivity index is 2.92. The number of halogens is 3. The van der Waals surface area contributed by atoms with Crippen LogP contribution in [-0.4, -0.2) is 18.6 Å². The van der Waals surface area contributed by atoms with Crippen molar-refractivity contribution in [3.63, 3.8) is 0 Å². The molecule has 1 rings (SSSR count). The van der Waals surface area contributed by atoms with E-state index >= 15 is 0 Å². The van der Waals surface area contributed by atoms with Gasteiger partial charge in [0.05, 0.1) is 5.56 Å². The molecule has 106 valence electrons. The van der Waals surface area contributed by atoms with Gasteiger partial charge in [0.2, 0.25) is 0 Å². The fraction of sp³-hybridized carbons (Fsp3) is 0.462. The van der Waals surface area contributed by atoms with Crippen LogP contribution < -0.4 is 5.32 Å². The monoisotopic (exact) mass is 275 g/mol. The molecule has 1 aromatic carbocycles. The summed E-state index contributed by atoms with van der Waals surface area (Å²) in [5, 5.41) is 2.43. The third-order valence-corrected chi connectivity index (χ3v) is 3.05. The number of rotatable bonds is 4. The van der Waals surface area contributed by atoms with Crippen LogP contribution in [0.25, 0.3) is 0 Å². The fourth-order valence-electron chi connectivity index (χ4n) is 1.43. The number of hydrogen-bond donors (Lipinski definition) is 1. The van der Waals surface area contributed by atoms with Crippen molar-refractivity contribution in [3.05, 3.63) is 29.8 Å². The lowest BCUT2D eigenvalue weighted by molar-refractivity contribution is -0.138. The minimum atomic E-state index is -4.43. The van der Waals surface area contributed by atoms with Crippen LogP contribution in [0.1, 0.15) is 25.8 Å². The Morgan fingerprint density at radius 3 is 2.47 bits per heavy atom. The minimum Gasteiger partial charge on any atom is -0.369 e. The van der Waals surface area contributed by atoms with Crippen molar-refractivity contribution >= 4 is 11.6 Å². The highest BCUT2D eigenvalue weighted by Gasteiger charge is 2.33. The van der Waals surface area contributed by atoms with Gasteiger partial charge in [-0.05, 0) is 31.5 Å². The molecule has 0 saturated carbocycles. The van der Waals surface area contributed by atoms with E-state index in [2.05, 4.69) is 5.32 Å². The van der Waals surface area contributed by atoms with Crippen molar-refractivity contribution in [2.24, 2.45) is 0 Å². The van der Waals surface area contributed by atoms with Gasteiger partial charge in [-0.2, -0.15) is 13.2 Å². The second-order valence-electron chi connectivity index (χ2n) is 4.32. The standard InChI is InChI=1S/C13H16F3NO2/c1-4-12(2,19-3)11(18)17-10-7-5-6-9(8-10)13(14,15)16/h5-8H,4H2,1-3H3,(H,17,18). The van der Waals surface area contributed by atoms with Crippen LogP contribution in [0, 0.1) is 0 Å². The van der Waals surface area contributed by atoms with Gasteiger partial charge in [0.25, 0.3) is 5.91 Å². The van der Waals surface area contributed by atoms with Crippen LogP contribution in [0.3, 0.4) is 0 Å². The second-order valence-corrected chi connectivity index (χ2v) is 4.32. The van der Waals surface area contributed by atoms with E-state index in [1.54, 1.807) is 13.8 Å². The molecule has 0 aliphatic carbocycles. The van der Waals surface area contributed by atoms with Gasteiger partial charge in [0.15, 0.2) is 0 Å². The topological polar surface area (TPSA) is 38.3 Å². The normalized spacial score (nSPS) is 14.8. The lowest BCUT2D eigenvalue weighted by Gasteiger charge is -2.25. The first-order valence-electron chi connectivity index (χ1n) is 5.77. The maximum Gasteiger partial charge on any atom is 0.416 e. The first kappa shape index (κ1) is 15.5. The molecule has 3 nitrogen and oxygen atoms in total. The Kier molecular flexibility index (Phi) is 4.57. The van der Waals surface area contributed by atoms with Crippen LogP contribution in [-0.2, 0) is 15.7 Å². The number of nitrogens with one attached hydrogen (secondary N) is 1. The molecule has 1 unspecified atom stereocenters. The highest BCUT2D eigenvalue weighted by molar-refractivity contribution is 5.97. The summed E-state index contributed by atoms with van der Waals surface area (Å²) in [6.45, 7) is 3.34. The number of carbonyl (C=O) groups excluding carboxylic acids is 1. The summed E-state index contributed by atoms with van der Waals surface area (Å²) in [4.78, 5) is 11.9. The number of hydrogen-bond acceptors (Lipinski definition) is 2. The molecule has 0 heterocycles. The fourth-order valence-corrected chi connectivity index (χ4v) is 1.43. The predicted octanol–water partition coefficient (Wildman–Crippen LogP) is 3.46. The number of ether oxygens (including phenoxy) is 1. The molecule has 0 fully saturated rings. The minimum absolute atomic E-state index is 0.0940. The third-order valence-electron chi connectivity index (χ3n) is 3.05. The summed E-state index contributed by atoms with van der Waals surface area (Å²) in [7, 11) is 1.38. The van der Waals surface area contributed by atoms with Gasteiger partial charge >= 0.3 is 6.18 Å². The molecule has 1 atom stereocenters. The van der Waals surface area contributed by atoms with Gasteiger partial charge < -0.3 is 10.1 Å². The van der Waals surface area contributed by atoms with E-state index in [0.717, 1.165) is 12.1 Å². The van der Waals surface area contributed by atoms with Crippen molar-refractivity contribution in [3.8, 4) is 0 Å². The summed E-state index contributed by atoms with van der Waals surface area (Å²) in [5.41, 5.74) is -1.77. The second kappa shape index (κ2) is 5.61. The van der Waals surface area contributed by atoms with E-state index in [1.807, 2.05) is 0 Å². The van der Waals surface area contributed by atoms with E-state index in [1.165, 1.54) is 19.2 Å². The summed E-state index contributed by atoms with van der Waals surface area (Å²) >= 11 is 0. The van der Waals surface area contributed by atoms with Gasteiger partial charge in [-0.25, -0.2) is 0 Å². The van der Waals surface area contributed by atoms with E-state index in [4.69, 9.17) is 4.74 Å². The largest absolute Gasteiger partial charge is 0.416 e. The van der Waals surface area contributed by atoms with Crippen LogP contribution in [0.4, 0.5) is 18.9 Å². The number of alkyl halides is 3. The van der Waals surface area contributed by atoms with Gasteiger partial charge in [-0.3, -0.25) is 4.79 Å². The van der Waals surface area contributed by atoms with Crippen LogP contribution >= 0.6 is 0 Å². The van der Waals surface area contributed by atoms with Crippen molar-refractivity contribution < 1.29 is 22.7 Å². The summed E-state index contributed by atoms with van der Waals surface area (Å²) in [5.74, 6) is -0.475. The molecule has 0 saturated heterocycles. The van der Waals surface area contributed by atoms with E-state index < -0.39 is 23.2 Å². The highest BCUT2D eigenvalue weighted by Crippen LogP contribution is 2.31. The van der Waals surface area contributed by atoms with Gasteiger partial charge in [0.1, 0.15) is 5.60 Å². The first-order valence-corrected chi connectivity index (χ1v) is 5.77. The maximum absolute atomic E-state index is 12.5. The predicted molar refractivity (Wildman–Crippen MR) is 65.8 cm³/mol. The molecular formula is C13H16F3NO2. The number of benzene rings is 1. The van der Waals surface area contributed by atoms with Crippen molar-refractivity contribution in [1.29, 1.82) is 0 Å². The van der Waals surface area contributed by atoms with Gasteiger partial charge in [-0.1, -0.05) is 13.0 Å². The van der Waals surface area contributed by atoms with Crippen LogP contribution in [0.2, 0.25) is 0 Å². The molecular weight excluding hydrogens is 259 g/mol. The lowest BCUT2D eigenvalue weighted by atomic mass is 10.0. The third kappa shape index (κ3) is 3.70. The smallest absolute Gasteiger partial charge is 0.369 e. The Morgan fingerprint density at radius 2 is 2.00 bits per heavy atom. The molecule has 1 aromatic rings. The zero-order valence-electron chi connectivity index (χ0n) is 11.0. The van der Waals surface area contributed by atoms with Gasteiger partial charge in [-0.15, -0.1) is 0 Å². The molecule has 6 heteroatoms. The Labute approximate surface area is 109 Å². The van der Waals surface area contributed by atoms with E-state index in [-0.39, 0.29) is 5.69 Å². The molecule has 0 aliphatic heterocycles. The quantitative estimate of drug-likeness (QED) is 0.913. The summed E-state index contributed by atoms with van der Waals surface area (Å²) < 4.78 is 42.7. The van der Waals surface area contributed by atoms with Crippen molar-refractivity contribution in [2.75, 3.05) is 12.4 Å². The molecule has 19 heavy (non-hydrogen) atoms. The number of carbonyl (C=O) groups is 1. The van der Waals surface area contributed by atoms with E-state index in [9.17, 15) is 18.0 Å². The van der Waals surface area contributed by atoms with Crippen LogP contribution in [0.15, 0.2) is 24.3 Å². The zero-order chi connectivity index (χ0) is 14.7. The van der Waals surface area contributed by atoms with Crippen LogP contribution in [0.5, 0.6) is 0 Å². The molecule has 0 radical (unpaired) electrons. The van der Waals surface area contributed by atoms with E-state index in [0.29, 0.717) is 6.42 Å². The number of anilines is 1. The lowest BCUT2D eigenvalue weighted by Crippen LogP contribution is -2.41. The molecule has 0 aliphatic rings. The Bertz CT molecular complexity index is 453. The number of amides is 1.